The van der Waals surface area contributed by atoms with Gasteiger partial charge in [-0.15, -0.1) is 0 Å². The van der Waals surface area contributed by atoms with E-state index in [1.54, 1.807) is 42.5 Å². The van der Waals surface area contributed by atoms with Crippen LogP contribution in [0.4, 0.5) is 0 Å². The Morgan fingerprint density at radius 1 is 0.609 bits per heavy atom. The molecule has 1 rings (SSSR count). The molecule has 0 heterocycles. The summed E-state index contributed by atoms with van der Waals surface area (Å²) in [5.74, 6) is -1.45. The van der Waals surface area contributed by atoms with Crippen LogP contribution >= 0.6 is 7.82 Å². The second kappa shape index (κ2) is 36.3. The largest absolute Gasteiger partial charge is 0.472 e. The Morgan fingerprint density at radius 3 is 1.75 bits per heavy atom. The van der Waals surface area contributed by atoms with E-state index in [9.17, 15) is 59.9 Å². The molecule has 368 valence electrons. The second-order valence-electron chi connectivity index (χ2n) is 16.1. The van der Waals surface area contributed by atoms with Crippen molar-refractivity contribution < 1.29 is 78.4 Å². The molecule has 0 spiro atoms. The fourth-order valence-electron chi connectivity index (χ4n) is 6.50. The maximum Gasteiger partial charge on any atom is 0.472 e. The quantitative estimate of drug-likeness (QED) is 0.0121. The van der Waals surface area contributed by atoms with E-state index < -0.39 is 94.0 Å². The molecule has 0 aromatic rings. The highest BCUT2D eigenvalue weighted by Gasteiger charge is 2.51. The van der Waals surface area contributed by atoms with Gasteiger partial charge in [-0.05, 0) is 57.8 Å². The van der Waals surface area contributed by atoms with Crippen LogP contribution in [-0.4, -0.2) is 132 Å². The van der Waals surface area contributed by atoms with Crippen LogP contribution in [-0.2, 0) is 32.7 Å². The number of aliphatic hydroxyl groups excluding tert-OH is 8. The third-order valence-corrected chi connectivity index (χ3v) is 11.4. The number of carbonyl (C=O) groups is 2. The smallest absolute Gasteiger partial charge is 0.462 e. The normalized spacial score (nSPS) is 23.7. The molecule has 0 saturated heterocycles. The Labute approximate surface area is 380 Å². The molecular formula is C47H79O16P. The van der Waals surface area contributed by atoms with Gasteiger partial charge in [-0.25, -0.2) is 4.57 Å². The summed E-state index contributed by atoms with van der Waals surface area (Å²) in [4.78, 5) is 35.7. The zero-order chi connectivity index (χ0) is 47.6. The summed E-state index contributed by atoms with van der Waals surface area (Å²) in [7, 11) is -5.21. The zero-order valence-corrected chi connectivity index (χ0v) is 38.8. The summed E-state index contributed by atoms with van der Waals surface area (Å²) in [6, 6.07) is 0. The molecule has 0 radical (unpaired) electrons. The van der Waals surface area contributed by atoms with E-state index in [4.69, 9.17) is 18.5 Å². The first-order valence-electron chi connectivity index (χ1n) is 23.1. The van der Waals surface area contributed by atoms with Crippen LogP contribution in [0.2, 0.25) is 0 Å². The summed E-state index contributed by atoms with van der Waals surface area (Å²) < 4.78 is 33.3. The van der Waals surface area contributed by atoms with Gasteiger partial charge in [0.1, 0.15) is 43.2 Å². The first kappa shape index (κ1) is 59.2. The molecular weight excluding hydrogens is 851 g/mol. The van der Waals surface area contributed by atoms with Gasteiger partial charge in [0.15, 0.2) is 6.10 Å². The molecule has 16 nitrogen and oxygen atoms in total. The van der Waals surface area contributed by atoms with Crippen molar-refractivity contribution in [3.63, 3.8) is 0 Å². The summed E-state index contributed by atoms with van der Waals surface area (Å²) in [6.07, 6.45) is 20.2. The number of rotatable bonds is 36. The van der Waals surface area contributed by atoms with E-state index in [0.717, 1.165) is 44.9 Å². The Balaban J connectivity index is 2.62. The lowest BCUT2D eigenvalue weighted by Crippen LogP contribution is -2.64. The summed E-state index contributed by atoms with van der Waals surface area (Å²) in [5.41, 5.74) is 0. The fraction of sp³-hybridized carbons (Fsp3) is 0.702. The van der Waals surface area contributed by atoms with Crippen molar-refractivity contribution in [1.82, 2.24) is 0 Å². The first-order valence-corrected chi connectivity index (χ1v) is 24.6. The molecule has 3 unspecified atom stereocenters. The summed E-state index contributed by atoms with van der Waals surface area (Å²) >= 11 is 0. The predicted octanol–water partition coefficient (Wildman–Crippen LogP) is 5.63. The Hall–Kier alpha value is -2.83. The first-order chi connectivity index (χ1) is 30.6. The van der Waals surface area contributed by atoms with Gasteiger partial charge in [0.25, 0.3) is 0 Å². The lowest BCUT2D eigenvalue weighted by molar-refractivity contribution is -0.220. The Bertz CT molecular complexity index is 1450. The van der Waals surface area contributed by atoms with Gasteiger partial charge in [0, 0.05) is 12.8 Å². The number of phosphoric acid groups is 1. The Morgan fingerprint density at radius 2 is 1.14 bits per heavy atom. The molecule has 1 aliphatic carbocycles. The van der Waals surface area contributed by atoms with Gasteiger partial charge < -0.3 is 55.2 Å². The maximum absolute atomic E-state index is 12.8. The van der Waals surface area contributed by atoms with E-state index in [2.05, 4.69) is 19.1 Å². The molecule has 0 amide bonds. The molecule has 64 heavy (non-hydrogen) atoms. The average molecular weight is 931 g/mol. The molecule has 1 fully saturated rings. The number of phosphoric ester groups is 1. The molecule has 0 aliphatic heterocycles. The third kappa shape index (κ3) is 28.3. The van der Waals surface area contributed by atoms with E-state index in [1.165, 1.54) is 44.6 Å². The number of aliphatic hydroxyl groups is 8. The maximum atomic E-state index is 12.8. The van der Waals surface area contributed by atoms with Crippen molar-refractivity contribution in [3.8, 4) is 0 Å². The third-order valence-electron chi connectivity index (χ3n) is 10.4. The molecule has 0 aromatic carbocycles. The topological polar surface area (TPSA) is 270 Å². The van der Waals surface area contributed by atoms with Gasteiger partial charge >= 0.3 is 19.8 Å². The van der Waals surface area contributed by atoms with Crippen molar-refractivity contribution in [3.05, 3.63) is 72.9 Å². The number of carbonyl (C=O) groups excluding carboxylic acids is 2. The van der Waals surface area contributed by atoms with E-state index in [-0.39, 0.29) is 25.7 Å². The van der Waals surface area contributed by atoms with Crippen LogP contribution < -0.4 is 0 Å². The van der Waals surface area contributed by atoms with Crippen LogP contribution in [0.25, 0.3) is 0 Å². The number of hydrogen-bond donors (Lipinski definition) is 9. The van der Waals surface area contributed by atoms with E-state index in [0.29, 0.717) is 12.8 Å². The van der Waals surface area contributed by atoms with Gasteiger partial charge in [-0.3, -0.25) is 18.6 Å². The number of allylic oxidation sites excluding steroid dienone is 9. The highest BCUT2D eigenvalue weighted by molar-refractivity contribution is 7.47. The van der Waals surface area contributed by atoms with Gasteiger partial charge in [0.05, 0.1) is 24.9 Å². The van der Waals surface area contributed by atoms with Crippen LogP contribution in [0, 0.1) is 0 Å². The number of esters is 2. The SMILES string of the molecule is CC/C=C\C[C@@H](O)/C=C/C=C/C=C\C=C/[C@H](O)[C@@H](O)CCCC(=O)OC[C@H](COP(=O)(O)OC1[C@H](O)[C@H](O)C(O)[C@H](O)[C@H]1O)OC(=O)CCCCCCC/C=C\CCCCCCCC. The predicted molar refractivity (Wildman–Crippen MR) is 243 cm³/mol. The van der Waals surface area contributed by atoms with E-state index >= 15 is 0 Å². The highest BCUT2D eigenvalue weighted by Crippen LogP contribution is 2.47. The van der Waals surface area contributed by atoms with Crippen molar-refractivity contribution in [2.24, 2.45) is 0 Å². The summed E-state index contributed by atoms with van der Waals surface area (Å²) in [6.45, 7) is 2.79. The molecule has 0 aromatic heterocycles. The van der Waals surface area contributed by atoms with Crippen molar-refractivity contribution in [2.45, 2.75) is 197 Å². The van der Waals surface area contributed by atoms with Crippen LogP contribution in [0.5, 0.6) is 0 Å². The lowest BCUT2D eigenvalue weighted by Gasteiger charge is -2.41. The average Bonchev–Trinajstić information content (AvgIpc) is 3.26. The van der Waals surface area contributed by atoms with Gasteiger partial charge in [-0.1, -0.05) is 138 Å². The van der Waals surface area contributed by atoms with Crippen molar-refractivity contribution >= 4 is 19.8 Å². The Kier molecular flexibility index (Phi) is 33.6. The molecule has 11 atom stereocenters. The monoisotopic (exact) mass is 931 g/mol. The van der Waals surface area contributed by atoms with Crippen molar-refractivity contribution in [1.29, 1.82) is 0 Å². The zero-order valence-electron chi connectivity index (χ0n) is 37.9. The minimum absolute atomic E-state index is 0.00931. The molecule has 17 heteroatoms. The highest BCUT2D eigenvalue weighted by atomic mass is 31.2. The minimum Gasteiger partial charge on any atom is -0.462 e. The van der Waals surface area contributed by atoms with Crippen LogP contribution in [0.1, 0.15) is 136 Å². The number of unbranched alkanes of at least 4 members (excludes halogenated alkanes) is 11. The van der Waals surface area contributed by atoms with Gasteiger partial charge in [-0.2, -0.15) is 0 Å². The molecule has 9 N–H and O–H groups in total. The van der Waals surface area contributed by atoms with Gasteiger partial charge in [0.2, 0.25) is 0 Å². The standard InChI is InChI=1S/C47H79O16P/c1-3-5-7-8-9-10-11-12-13-14-15-16-17-22-26-32-41(52)62-37(35-61-64(58,59)63-47-45(56)43(54)42(53)44(55)46(47)57)34-60-40(51)33-27-31-39(50)38(49)30-25-21-19-18-20-24-29-36(48)28-23-6-4-2/h6,12-13,18-21,23-25,29-30,36-39,42-50,53-57H,3-5,7-11,14-17,22,26-28,31-35H2,1-2H3,(H,58,59)/b13-12-,20-18+,21-19-,23-6-,29-24+,30-25-/t36-,37-,38+,39+,42?,43-,44+,45-,46-,47?/m1/s1. The minimum atomic E-state index is -5.21. The molecule has 1 saturated carbocycles. The number of ether oxygens (including phenoxy) is 2. The molecule has 1 aliphatic rings. The van der Waals surface area contributed by atoms with Crippen molar-refractivity contribution in [2.75, 3.05) is 13.2 Å². The second-order valence-corrected chi connectivity index (χ2v) is 17.5. The fourth-order valence-corrected chi connectivity index (χ4v) is 7.48. The van der Waals surface area contributed by atoms with Crippen LogP contribution in [0.3, 0.4) is 0 Å². The number of hydrogen-bond acceptors (Lipinski definition) is 15. The van der Waals surface area contributed by atoms with E-state index in [1.807, 2.05) is 19.1 Å². The van der Waals surface area contributed by atoms with Crippen LogP contribution in [0.15, 0.2) is 72.9 Å². The summed E-state index contributed by atoms with van der Waals surface area (Å²) in [5, 5.41) is 80.6. The lowest BCUT2D eigenvalue weighted by atomic mass is 9.85. The molecule has 0 bridgehead atoms.